The number of nitriles is 1. The molecular formula is C22H20FN5. The fourth-order valence-electron chi connectivity index (χ4n) is 3.41. The first kappa shape index (κ1) is 18.0. The smallest absolute Gasteiger partial charge is 0.158 e. The number of para-hydroxylation sites is 2. The van der Waals surface area contributed by atoms with E-state index in [2.05, 4.69) is 23.6 Å². The number of nitrogens with one attached hydrogen (secondary N) is 2. The maximum absolute atomic E-state index is 13.8. The lowest BCUT2D eigenvalue weighted by atomic mass is 10.0. The van der Waals surface area contributed by atoms with Gasteiger partial charge in [-0.05, 0) is 42.4 Å². The molecule has 2 aromatic heterocycles. The van der Waals surface area contributed by atoms with E-state index in [0.717, 1.165) is 29.9 Å². The van der Waals surface area contributed by atoms with Crippen LogP contribution in [0.5, 0.6) is 0 Å². The van der Waals surface area contributed by atoms with E-state index in [4.69, 9.17) is 4.98 Å². The van der Waals surface area contributed by atoms with Gasteiger partial charge in [-0.1, -0.05) is 31.2 Å². The Morgan fingerprint density at radius 1 is 1.11 bits per heavy atom. The molecule has 0 amide bonds. The van der Waals surface area contributed by atoms with Crippen molar-refractivity contribution in [3.05, 3.63) is 66.0 Å². The molecule has 0 aliphatic heterocycles. The predicted molar refractivity (Wildman–Crippen MR) is 110 cm³/mol. The molecule has 0 atom stereocenters. The van der Waals surface area contributed by atoms with Crippen molar-refractivity contribution in [2.45, 2.75) is 6.92 Å². The van der Waals surface area contributed by atoms with E-state index in [9.17, 15) is 9.65 Å². The number of pyridine rings is 1. The highest BCUT2D eigenvalue weighted by molar-refractivity contribution is 5.89. The van der Waals surface area contributed by atoms with Crippen LogP contribution in [0.2, 0.25) is 0 Å². The molecule has 4 aromatic rings. The van der Waals surface area contributed by atoms with Gasteiger partial charge in [-0.2, -0.15) is 5.26 Å². The molecule has 28 heavy (non-hydrogen) atoms. The predicted octanol–water partition coefficient (Wildman–Crippen LogP) is 4.19. The van der Waals surface area contributed by atoms with Gasteiger partial charge in [-0.3, -0.25) is 4.40 Å². The van der Waals surface area contributed by atoms with Gasteiger partial charge in [-0.25, -0.2) is 9.37 Å². The van der Waals surface area contributed by atoms with E-state index in [1.165, 1.54) is 12.1 Å². The summed E-state index contributed by atoms with van der Waals surface area (Å²) in [5.74, 6) is 0.483. The average Bonchev–Trinajstić information content (AvgIpc) is 3.10. The van der Waals surface area contributed by atoms with Crippen LogP contribution >= 0.6 is 0 Å². The van der Waals surface area contributed by atoms with Crippen molar-refractivity contribution in [1.29, 1.82) is 5.26 Å². The summed E-state index contributed by atoms with van der Waals surface area (Å²) >= 11 is 0. The SMILES string of the molecule is CCNCCNc1cc(-c2cccc(F)c2)c(C#N)c2nc3ccccc3n12. The van der Waals surface area contributed by atoms with Crippen LogP contribution in [0.3, 0.4) is 0 Å². The van der Waals surface area contributed by atoms with E-state index < -0.39 is 0 Å². The lowest BCUT2D eigenvalue weighted by Gasteiger charge is -2.14. The maximum atomic E-state index is 13.8. The minimum atomic E-state index is -0.337. The number of benzene rings is 2. The van der Waals surface area contributed by atoms with Gasteiger partial charge >= 0.3 is 0 Å². The van der Waals surface area contributed by atoms with Gasteiger partial charge in [-0.15, -0.1) is 0 Å². The third-order valence-corrected chi connectivity index (χ3v) is 4.68. The summed E-state index contributed by atoms with van der Waals surface area (Å²) in [7, 11) is 0. The van der Waals surface area contributed by atoms with Gasteiger partial charge in [0.1, 0.15) is 23.3 Å². The molecule has 0 saturated heterocycles. The summed E-state index contributed by atoms with van der Waals surface area (Å²) in [6.07, 6.45) is 0. The van der Waals surface area contributed by atoms with Crippen LogP contribution in [0.1, 0.15) is 12.5 Å². The van der Waals surface area contributed by atoms with Crippen molar-refractivity contribution >= 4 is 22.5 Å². The summed E-state index contributed by atoms with van der Waals surface area (Å²) in [5, 5.41) is 16.6. The summed E-state index contributed by atoms with van der Waals surface area (Å²) in [5.41, 5.74) is 4.04. The van der Waals surface area contributed by atoms with E-state index in [1.807, 2.05) is 34.7 Å². The van der Waals surface area contributed by atoms with Gasteiger partial charge in [0.05, 0.1) is 11.0 Å². The Hall–Kier alpha value is -3.43. The molecule has 0 bridgehead atoms. The normalized spacial score (nSPS) is 11.0. The first-order valence-corrected chi connectivity index (χ1v) is 9.27. The van der Waals surface area contributed by atoms with E-state index in [-0.39, 0.29) is 5.82 Å². The lowest BCUT2D eigenvalue weighted by Crippen LogP contribution is -2.22. The molecule has 0 unspecified atom stereocenters. The molecule has 0 spiro atoms. The van der Waals surface area contributed by atoms with Gasteiger partial charge in [0.25, 0.3) is 0 Å². The zero-order valence-corrected chi connectivity index (χ0v) is 15.5. The molecule has 4 rings (SSSR count). The molecule has 140 valence electrons. The standard InChI is InChI=1S/C22H20FN5/c1-2-25-10-11-26-21-13-17(15-6-5-7-16(23)12-15)18(14-24)22-27-19-8-3-4-9-20(19)28(21)22/h3-9,12-13,25-26H,2,10-11H2,1H3. The quantitative estimate of drug-likeness (QED) is 0.498. The summed E-state index contributed by atoms with van der Waals surface area (Å²) in [6.45, 7) is 4.47. The highest BCUT2D eigenvalue weighted by Gasteiger charge is 2.18. The van der Waals surface area contributed by atoms with Crippen molar-refractivity contribution in [3.8, 4) is 17.2 Å². The number of hydrogen-bond acceptors (Lipinski definition) is 4. The number of fused-ring (bicyclic) bond motifs is 3. The number of aromatic nitrogens is 2. The molecule has 0 aliphatic rings. The van der Waals surface area contributed by atoms with E-state index >= 15 is 0 Å². The van der Waals surface area contributed by atoms with E-state index in [1.54, 1.807) is 12.1 Å². The van der Waals surface area contributed by atoms with E-state index in [0.29, 0.717) is 28.9 Å². The second-order valence-corrected chi connectivity index (χ2v) is 6.48. The van der Waals surface area contributed by atoms with Crippen LogP contribution in [0, 0.1) is 17.1 Å². The highest BCUT2D eigenvalue weighted by Crippen LogP contribution is 2.33. The summed E-state index contributed by atoms with van der Waals surface area (Å²) in [4.78, 5) is 4.69. The zero-order valence-electron chi connectivity index (χ0n) is 15.5. The van der Waals surface area contributed by atoms with Gasteiger partial charge in [0, 0.05) is 18.7 Å². The number of nitrogens with zero attached hydrogens (tertiary/aromatic N) is 3. The minimum Gasteiger partial charge on any atom is -0.370 e. The Balaban J connectivity index is 1.97. The minimum absolute atomic E-state index is 0.337. The fraction of sp³-hybridized carbons (Fsp3) is 0.182. The third-order valence-electron chi connectivity index (χ3n) is 4.68. The highest BCUT2D eigenvalue weighted by atomic mass is 19.1. The van der Waals surface area contributed by atoms with Gasteiger partial charge in [0.2, 0.25) is 0 Å². The van der Waals surface area contributed by atoms with Crippen LogP contribution in [-0.4, -0.2) is 29.0 Å². The first-order valence-electron chi connectivity index (χ1n) is 9.27. The van der Waals surface area contributed by atoms with Crippen LogP contribution in [-0.2, 0) is 0 Å². The molecule has 6 heteroatoms. The second-order valence-electron chi connectivity index (χ2n) is 6.48. The number of rotatable bonds is 6. The summed E-state index contributed by atoms with van der Waals surface area (Å²) in [6, 6.07) is 18.2. The van der Waals surface area contributed by atoms with Gasteiger partial charge in [0.15, 0.2) is 5.65 Å². The Morgan fingerprint density at radius 3 is 2.75 bits per heavy atom. The lowest BCUT2D eigenvalue weighted by molar-refractivity contribution is 0.628. The number of imidazole rings is 1. The Morgan fingerprint density at radius 2 is 1.96 bits per heavy atom. The van der Waals surface area contributed by atoms with Crippen molar-refractivity contribution in [3.63, 3.8) is 0 Å². The Labute approximate surface area is 162 Å². The molecule has 0 fully saturated rings. The first-order chi connectivity index (χ1) is 13.7. The van der Waals surface area contributed by atoms with Gasteiger partial charge < -0.3 is 10.6 Å². The third kappa shape index (κ3) is 3.17. The number of anilines is 1. The van der Waals surface area contributed by atoms with Crippen molar-refractivity contribution < 1.29 is 4.39 Å². The molecular weight excluding hydrogens is 353 g/mol. The average molecular weight is 373 g/mol. The van der Waals surface area contributed by atoms with Crippen LogP contribution < -0.4 is 10.6 Å². The number of likely N-dealkylation sites (N-methyl/N-ethyl adjacent to an activating group) is 1. The number of hydrogen-bond donors (Lipinski definition) is 2. The fourth-order valence-corrected chi connectivity index (χ4v) is 3.41. The molecule has 2 N–H and O–H groups in total. The summed E-state index contributed by atoms with van der Waals surface area (Å²) < 4.78 is 15.8. The van der Waals surface area contributed by atoms with Crippen molar-refractivity contribution in [2.24, 2.45) is 0 Å². The molecule has 0 radical (unpaired) electrons. The maximum Gasteiger partial charge on any atom is 0.158 e. The molecule has 2 aromatic carbocycles. The monoisotopic (exact) mass is 373 g/mol. The van der Waals surface area contributed by atoms with Crippen molar-refractivity contribution in [2.75, 3.05) is 25.0 Å². The van der Waals surface area contributed by atoms with Crippen LogP contribution in [0.25, 0.3) is 27.8 Å². The molecule has 5 nitrogen and oxygen atoms in total. The van der Waals surface area contributed by atoms with Crippen LogP contribution in [0.4, 0.5) is 10.2 Å². The Bertz CT molecular complexity index is 1190. The number of halogens is 1. The molecule has 2 heterocycles. The zero-order chi connectivity index (χ0) is 19.5. The largest absolute Gasteiger partial charge is 0.370 e. The van der Waals surface area contributed by atoms with Crippen LogP contribution in [0.15, 0.2) is 54.6 Å². The van der Waals surface area contributed by atoms with Crippen molar-refractivity contribution in [1.82, 2.24) is 14.7 Å². The second kappa shape index (κ2) is 7.67. The Kier molecular flexibility index (Phi) is 4.92. The molecule has 0 aliphatic carbocycles. The topological polar surface area (TPSA) is 65.1 Å². The molecule has 0 saturated carbocycles.